The Morgan fingerprint density at radius 3 is 2.79 bits per heavy atom. The van der Waals surface area contributed by atoms with Crippen LogP contribution in [0, 0.1) is 11.3 Å². The highest BCUT2D eigenvalue weighted by Crippen LogP contribution is 2.41. The van der Waals surface area contributed by atoms with Gasteiger partial charge in [-0.1, -0.05) is 0 Å². The molecule has 3 rings (SSSR count). The number of carboxylic acids is 1. The Labute approximate surface area is 113 Å². The van der Waals surface area contributed by atoms with Crippen LogP contribution >= 0.6 is 0 Å². The van der Waals surface area contributed by atoms with Crippen LogP contribution in [0.3, 0.4) is 0 Å². The molecule has 1 atom stereocenters. The highest BCUT2D eigenvalue weighted by molar-refractivity contribution is 5.84. The van der Waals surface area contributed by atoms with Gasteiger partial charge in [-0.2, -0.15) is 0 Å². The van der Waals surface area contributed by atoms with Gasteiger partial charge in [0.05, 0.1) is 12.0 Å². The maximum absolute atomic E-state index is 12.7. The van der Waals surface area contributed by atoms with Crippen molar-refractivity contribution >= 4 is 11.9 Å². The fourth-order valence-electron chi connectivity index (χ4n) is 3.60. The van der Waals surface area contributed by atoms with Crippen molar-refractivity contribution in [3.05, 3.63) is 0 Å². The molecule has 2 heterocycles. The maximum atomic E-state index is 12.7. The molecule has 0 unspecified atom stereocenters. The highest BCUT2D eigenvalue weighted by atomic mass is 16.4. The SMILES string of the molecule is O=C(O)CN1CC[C@@]2(CCCN(CC3CC3)C2=O)C1. The first kappa shape index (κ1) is 12.9. The number of piperidine rings is 1. The van der Waals surface area contributed by atoms with Gasteiger partial charge >= 0.3 is 5.97 Å². The van der Waals surface area contributed by atoms with Crippen LogP contribution in [0.25, 0.3) is 0 Å². The first-order chi connectivity index (χ1) is 9.09. The van der Waals surface area contributed by atoms with Crippen molar-refractivity contribution in [3.8, 4) is 0 Å². The molecule has 5 heteroatoms. The number of hydrogen-bond acceptors (Lipinski definition) is 3. The minimum absolute atomic E-state index is 0.0671. The number of nitrogens with zero attached hydrogens (tertiary/aromatic N) is 2. The van der Waals surface area contributed by atoms with Gasteiger partial charge in [0.2, 0.25) is 5.91 Å². The molecule has 1 spiro atoms. The minimum Gasteiger partial charge on any atom is -0.480 e. The second-order valence-electron chi connectivity index (χ2n) is 6.43. The second-order valence-corrected chi connectivity index (χ2v) is 6.43. The molecular weight excluding hydrogens is 244 g/mol. The second kappa shape index (κ2) is 4.78. The van der Waals surface area contributed by atoms with Gasteiger partial charge < -0.3 is 10.0 Å². The summed E-state index contributed by atoms with van der Waals surface area (Å²) in [5.41, 5.74) is -0.275. The van der Waals surface area contributed by atoms with Crippen molar-refractivity contribution < 1.29 is 14.7 Å². The quantitative estimate of drug-likeness (QED) is 0.817. The highest BCUT2D eigenvalue weighted by Gasteiger charge is 2.49. The standard InChI is InChI=1S/C14H22N2O3/c17-12(18)9-15-7-5-14(10-15)4-1-6-16(13(14)19)8-11-2-3-11/h11H,1-10H2,(H,17,18)/t14-/m0/s1. The van der Waals surface area contributed by atoms with Crippen LogP contribution in [0.15, 0.2) is 0 Å². The predicted octanol–water partition coefficient (Wildman–Crippen LogP) is 0.795. The Morgan fingerprint density at radius 1 is 1.32 bits per heavy atom. The van der Waals surface area contributed by atoms with Crippen LogP contribution < -0.4 is 0 Å². The van der Waals surface area contributed by atoms with Gasteiger partial charge in [-0.25, -0.2) is 0 Å². The number of carboxylic acid groups (broad SMARTS) is 1. The van der Waals surface area contributed by atoms with E-state index in [-0.39, 0.29) is 12.0 Å². The predicted molar refractivity (Wildman–Crippen MR) is 69.7 cm³/mol. The van der Waals surface area contributed by atoms with Crippen molar-refractivity contribution in [3.63, 3.8) is 0 Å². The molecule has 106 valence electrons. The lowest BCUT2D eigenvalue weighted by Gasteiger charge is -2.39. The minimum atomic E-state index is -0.796. The number of rotatable bonds is 4. The fourth-order valence-corrected chi connectivity index (χ4v) is 3.60. The van der Waals surface area contributed by atoms with Gasteiger partial charge in [0, 0.05) is 19.6 Å². The third-order valence-corrected chi connectivity index (χ3v) is 4.79. The molecule has 2 saturated heterocycles. The normalized spacial score (nSPS) is 32.2. The molecule has 1 saturated carbocycles. The van der Waals surface area contributed by atoms with Crippen molar-refractivity contribution in [1.82, 2.24) is 9.80 Å². The molecule has 3 fully saturated rings. The number of carbonyl (C=O) groups is 2. The summed E-state index contributed by atoms with van der Waals surface area (Å²) in [6.45, 7) is 3.28. The van der Waals surface area contributed by atoms with Crippen LogP contribution in [0.4, 0.5) is 0 Å². The zero-order chi connectivity index (χ0) is 13.5. The van der Waals surface area contributed by atoms with Gasteiger partial charge in [0.1, 0.15) is 0 Å². The molecule has 1 N–H and O–H groups in total. The number of amides is 1. The number of likely N-dealkylation sites (tertiary alicyclic amines) is 2. The molecule has 0 aromatic carbocycles. The van der Waals surface area contributed by atoms with E-state index in [2.05, 4.69) is 0 Å². The Morgan fingerprint density at radius 2 is 2.11 bits per heavy atom. The number of aliphatic carboxylic acids is 1. The van der Waals surface area contributed by atoms with Gasteiger partial charge in [-0.05, 0) is 44.6 Å². The largest absolute Gasteiger partial charge is 0.480 e. The Bertz CT molecular complexity index is 394. The lowest BCUT2D eigenvalue weighted by atomic mass is 9.78. The van der Waals surface area contributed by atoms with Crippen LogP contribution in [0.1, 0.15) is 32.1 Å². The molecular formula is C14H22N2O3. The maximum Gasteiger partial charge on any atom is 0.317 e. The molecule has 5 nitrogen and oxygen atoms in total. The van der Waals surface area contributed by atoms with Crippen molar-refractivity contribution in [1.29, 1.82) is 0 Å². The summed E-state index contributed by atoms with van der Waals surface area (Å²) in [5, 5.41) is 8.87. The zero-order valence-electron chi connectivity index (χ0n) is 11.3. The Kier molecular flexibility index (Phi) is 3.25. The Balaban J connectivity index is 1.65. The van der Waals surface area contributed by atoms with E-state index in [1.165, 1.54) is 12.8 Å². The molecule has 2 aliphatic heterocycles. The van der Waals surface area contributed by atoms with Crippen molar-refractivity contribution in [2.24, 2.45) is 11.3 Å². The third kappa shape index (κ3) is 2.61. The average Bonchev–Trinajstić information content (AvgIpc) is 3.08. The molecule has 0 aromatic rings. The zero-order valence-corrected chi connectivity index (χ0v) is 11.3. The monoisotopic (exact) mass is 266 g/mol. The van der Waals surface area contributed by atoms with E-state index in [1.54, 1.807) is 0 Å². The number of hydrogen-bond donors (Lipinski definition) is 1. The van der Waals surface area contributed by atoms with Gasteiger partial charge in [0.25, 0.3) is 0 Å². The topological polar surface area (TPSA) is 60.9 Å². The molecule has 0 radical (unpaired) electrons. The fraction of sp³-hybridized carbons (Fsp3) is 0.857. The summed E-state index contributed by atoms with van der Waals surface area (Å²) in [4.78, 5) is 27.4. The van der Waals surface area contributed by atoms with Gasteiger partial charge in [-0.15, -0.1) is 0 Å². The van der Waals surface area contributed by atoms with Crippen LogP contribution in [-0.2, 0) is 9.59 Å². The van der Waals surface area contributed by atoms with E-state index in [9.17, 15) is 9.59 Å². The van der Waals surface area contributed by atoms with Crippen LogP contribution in [-0.4, -0.2) is 59.5 Å². The summed E-state index contributed by atoms with van der Waals surface area (Å²) in [5.74, 6) is 0.226. The van der Waals surface area contributed by atoms with E-state index >= 15 is 0 Å². The van der Waals surface area contributed by atoms with Crippen LogP contribution in [0.2, 0.25) is 0 Å². The van der Waals surface area contributed by atoms with Crippen LogP contribution in [0.5, 0.6) is 0 Å². The van der Waals surface area contributed by atoms with E-state index in [4.69, 9.17) is 5.11 Å². The van der Waals surface area contributed by atoms with Gasteiger partial charge in [0.15, 0.2) is 0 Å². The van der Waals surface area contributed by atoms with E-state index in [0.717, 1.165) is 44.8 Å². The van der Waals surface area contributed by atoms with E-state index in [1.807, 2.05) is 9.80 Å². The average molecular weight is 266 g/mol. The van der Waals surface area contributed by atoms with Crippen molar-refractivity contribution in [2.45, 2.75) is 32.1 Å². The Hall–Kier alpha value is -1.10. The summed E-state index contributed by atoms with van der Waals surface area (Å²) in [6.07, 6.45) is 5.37. The summed E-state index contributed by atoms with van der Waals surface area (Å²) in [7, 11) is 0. The number of carbonyl (C=O) groups excluding carboxylic acids is 1. The lowest BCUT2D eigenvalue weighted by Crippen LogP contribution is -2.50. The first-order valence-electron chi connectivity index (χ1n) is 7.33. The molecule has 1 amide bonds. The molecule has 19 heavy (non-hydrogen) atoms. The van der Waals surface area contributed by atoms with Gasteiger partial charge in [-0.3, -0.25) is 14.5 Å². The van der Waals surface area contributed by atoms with Crippen molar-refractivity contribution in [2.75, 3.05) is 32.7 Å². The summed E-state index contributed by atoms with van der Waals surface area (Å²) < 4.78 is 0. The summed E-state index contributed by atoms with van der Waals surface area (Å²) >= 11 is 0. The van der Waals surface area contributed by atoms with E-state index < -0.39 is 5.97 Å². The molecule has 0 bridgehead atoms. The lowest BCUT2D eigenvalue weighted by molar-refractivity contribution is -0.146. The first-order valence-corrected chi connectivity index (χ1v) is 7.33. The van der Waals surface area contributed by atoms with E-state index in [0.29, 0.717) is 12.5 Å². The molecule has 3 aliphatic rings. The third-order valence-electron chi connectivity index (χ3n) is 4.79. The summed E-state index contributed by atoms with van der Waals surface area (Å²) in [6, 6.07) is 0. The molecule has 0 aromatic heterocycles. The molecule has 1 aliphatic carbocycles. The smallest absolute Gasteiger partial charge is 0.317 e.